The highest BCUT2D eigenvalue weighted by Crippen LogP contribution is 2.37. The number of nitrogens with zero attached hydrogens (tertiary/aromatic N) is 1. The van der Waals surface area contributed by atoms with Crippen molar-refractivity contribution in [2.45, 2.75) is 13.3 Å². The number of methoxy groups -OCH3 is 1. The standard InChI is InChI=1S/C19H17ClF2N2O3/c1-10-5-16(17(27-2)8-13(10)20)24-9-11(6-18(24)25)19(26)23-12-3-4-14(21)15(22)7-12/h3-5,7-8,11H,6,9H2,1-2H3,(H,23,26). The first-order valence-electron chi connectivity index (χ1n) is 8.20. The number of amides is 2. The molecule has 2 aromatic rings. The maximum absolute atomic E-state index is 13.3. The van der Waals surface area contributed by atoms with Gasteiger partial charge in [0.1, 0.15) is 5.75 Å². The summed E-state index contributed by atoms with van der Waals surface area (Å²) in [7, 11) is 1.47. The third-order valence-corrected chi connectivity index (χ3v) is 4.84. The minimum absolute atomic E-state index is 0.000336. The first-order chi connectivity index (χ1) is 12.8. The van der Waals surface area contributed by atoms with Crippen molar-refractivity contribution < 1.29 is 23.1 Å². The number of hydrogen-bond acceptors (Lipinski definition) is 3. The monoisotopic (exact) mass is 394 g/mol. The summed E-state index contributed by atoms with van der Waals surface area (Å²) in [6, 6.07) is 6.44. The average molecular weight is 395 g/mol. The number of anilines is 2. The summed E-state index contributed by atoms with van der Waals surface area (Å²) >= 11 is 6.10. The topological polar surface area (TPSA) is 58.6 Å². The van der Waals surface area contributed by atoms with Crippen molar-refractivity contribution in [1.29, 1.82) is 0 Å². The number of nitrogens with one attached hydrogen (secondary N) is 1. The molecule has 3 rings (SSSR count). The van der Waals surface area contributed by atoms with E-state index in [4.69, 9.17) is 16.3 Å². The highest BCUT2D eigenvalue weighted by Gasteiger charge is 2.36. The Bertz CT molecular complexity index is 920. The second-order valence-corrected chi connectivity index (χ2v) is 6.70. The van der Waals surface area contributed by atoms with Crippen LogP contribution >= 0.6 is 11.6 Å². The van der Waals surface area contributed by atoms with Crippen molar-refractivity contribution >= 4 is 34.8 Å². The van der Waals surface area contributed by atoms with Crippen LogP contribution in [0.5, 0.6) is 5.75 Å². The number of rotatable bonds is 4. The van der Waals surface area contributed by atoms with Crippen molar-refractivity contribution in [2.24, 2.45) is 5.92 Å². The Hall–Kier alpha value is -2.67. The number of carbonyl (C=O) groups excluding carboxylic acids is 2. The van der Waals surface area contributed by atoms with Gasteiger partial charge in [-0.15, -0.1) is 0 Å². The highest BCUT2D eigenvalue weighted by molar-refractivity contribution is 6.31. The van der Waals surface area contributed by atoms with E-state index in [0.717, 1.165) is 17.7 Å². The number of aryl methyl sites for hydroxylation is 1. The van der Waals surface area contributed by atoms with Gasteiger partial charge in [0.15, 0.2) is 11.6 Å². The summed E-state index contributed by atoms with van der Waals surface area (Å²) in [4.78, 5) is 26.4. The first-order valence-corrected chi connectivity index (χ1v) is 8.58. The summed E-state index contributed by atoms with van der Waals surface area (Å²) < 4.78 is 31.6. The van der Waals surface area contributed by atoms with Crippen LogP contribution in [0.25, 0.3) is 0 Å². The van der Waals surface area contributed by atoms with E-state index < -0.39 is 23.5 Å². The Morgan fingerprint density at radius 2 is 2.00 bits per heavy atom. The third kappa shape index (κ3) is 3.88. The predicted octanol–water partition coefficient (Wildman–Crippen LogP) is 3.93. The van der Waals surface area contributed by atoms with Gasteiger partial charge in [-0.25, -0.2) is 8.78 Å². The van der Waals surface area contributed by atoms with Gasteiger partial charge in [-0.2, -0.15) is 0 Å². The first kappa shape index (κ1) is 19.1. The van der Waals surface area contributed by atoms with Crippen LogP contribution in [0.4, 0.5) is 20.2 Å². The Kier molecular flexibility index (Phi) is 5.32. The van der Waals surface area contributed by atoms with Crippen molar-refractivity contribution in [3.8, 4) is 5.75 Å². The molecule has 0 radical (unpaired) electrons. The number of halogens is 3. The number of hydrogen-bond donors (Lipinski definition) is 1. The van der Waals surface area contributed by atoms with Gasteiger partial charge in [0, 0.05) is 35.8 Å². The number of benzene rings is 2. The normalized spacial score (nSPS) is 16.6. The molecule has 1 heterocycles. The zero-order valence-corrected chi connectivity index (χ0v) is 15.4. The quantitative estimate of drug-likeness (QED) is 0.854. The zero-order chi connectivity index (χ0) is 19.7. The largest absolute Gasteiger partial charge is 0.495 e. The Labute approximate surface area is 159 Å². The van der Waals surface area contributed by atoms with E-state index >= 15 is 0 Å². The van der Waals surface area contributed by atoms with Crippen LogP contribution in [0.1, 0.15) is 12.0 Å². The Morgan fingerprint density at radius 3 is 2.67 bits per heavy atom. The molecule has 5 nitrogen and oxygen atoms in total. The summed E-state index contributed by atoms with van der Waals surface area (Å²) in [5.74, 6) is -2.94. The van der Waals surface area contributed by atoms with Crippen molar-refractivity contribution in [3.63, 3.8) is 0 Å². The fourth-order valence-electron chi connectivity index (χ4n) is 2.96. The molecule has 1 atom stereocenters. The van der Waals surface area contributed by atoms with E-state index in [2.05, 4.69) is 5.32 Å². The van der Waals surface area contributed by atoms with Crippen molar-refractivity contribution in [3.05, 3.63) is 52.6 Å². The smallest absolute Gasteiger partial charge is 0.229 e. The second-order valence-electron chi connectivity index (χ2n) is 6.30. The molecular weight excluding hydrogens is 378 g/mol. The van der Waals surface area contributed by atoms with Crippen LogP contribution in [0.3, 0.4) is 0 Å². The molecule has 0 aromatic heterocycles. The highest BCUT2D eigenvalue weighted by atomic mass is 35.5. The van der Waals surface area contributed by atoms with Crippen LogP contribution < -0.4 is 15.0 Å². The van der Waals surface area contributed by atoms with Gasteiger partial charge < -0.3 is 15.0 Å². The fourth-order valence-corrected chi connectivity index (χ4v) is 3.11. The maximum Gasteiger partial charge on any atom is 0.229 e. The van der Waals surface area contributed by atoms with Gasteiger partial charge >= 0.3 is 0 Å². The minimum Gasteiger partial charge on any atom is -0.495 e. The number of ether oxygens (including phenoxy) is 1. The van der Waals surface area contributed by atoms with Gasteiger partial charge in [-0.1, -0.05) is 11.6 Å². The van der Waals surface area contributed by atoms with Crippen molar-refractivity contribution in [2.75, 3.05) is 23.9 Å². The van der Waals surface area contributed by atoms with Gasteiger partial charge in [-0.3, -0.25) is 9.59 Å². The van der Waals surface area contributed by atoms with Gasteiger partial charge in [0.05, 0.1) is 18.7 Å². The van der Waals surface area contributed by atoms with Crippen LogP contribution in [-0.2, 0) is 9.59 Å². The third-order valence-electron chi connectivity index (χ3n) is 4.43. The molecule has 1 saturated heterocycles. The molecule has 27 heavy (non-hydrogen) atoms. The van der Waals surface area contributed by atoms with E-state index in [1.807, 2.05) is 0 Å². The zero-order valence-electron chi connectivity index (χ0n) is 14.7. The lowest BCUT2D eigenvalue weighted by Crippen LogP contribution is -2.28. The van der Waals surface area contributed by atoms with Crippen LogP contribution in [0.15, 0.2) is 30.3 Å². The Balaban J connectivity index is 1.78. The van der Waals surface area contributed by atoms with Gasteiger partial charge in [0.25, 0.3) is 0 Å². The van der Waals surface area contributed by atoms with Gasteiger partial charge in [0.2, 0.25) is 11.8 Å². The molecule has 1 aliphatic heterocycles. The SMILES string of the molecule is COc1cc(Cl)c(C)cc1N1CC(C(=O)Nc2ccc(F)c(F)c2)CC1=O. The lowest BCUT2D eigenvalue weighted by molar-refractivity contribution is -0.122. The minimum atomic E-state index is -1.06. The molecule has 1 N–H and O–H groups in total. The van der Waals surface area contributed by atoms with Crippen molar-refractivity contribution in [1.82, 2.24) is 0 Å². The summed E-state index contributed by atoms with van der Waals surface area (Å²) in [6.07, 6.45) is 0.000336. The van der Waals surface area contributed by atoms with E-state index in [0.29, 0.717) is 16.5 Å². The molecule has 0 bridgehead atoms. The molecule has 8 heteroatoms. The fraction of sp³-hybridized carbons (Fsp3) is 0.263. The second kappa shape index (κ2) is 7.52. The lowest BCUT2D eigenvalue weighted by Gasteiger charge is -2.20. The predicted molar refractivity (Wildman–Crippen MR) is 98.2 cm³/mol. The van der Waals surface area contributed by atoms with E-state index in [1.54, 1.807) is 19.1 Å². The molecule has 0 spiro atoms. The average Bonchev–Trinajstić information content (AvgIpc) is 3.02. The molecule has 142 valence electrons. The van der Waals surface area contributed by atoms with E-state index in [9.17, 15) is 18.4 Å². The summed E-state index contributed by atoms with van der Waals surface area (Å²) in [6.45, 7) is 1.95. The van der Waals surface area contributed by atoms with E-state index in [1.165, 1.54) is 18.1 Å². The lowest BCUT2D eigenvalue weighted by atomic mass is 10.1. The molecule has 2 aromatic carbocycles. The van der Waals surface area contributed by atoms with Gasteiger partial charge in [-0.05, 0) is 30.7 Å². The van der Waals surface area contributed by atoms with Crippen LogP contribution in [-0.4, -0.2) is 25.5 Å². The number of carbonyl (C=O) groups is 2. The molecule has 0 saturated carbocycles. The maximum atomic E-state index is 13.3. The summed E-state index contributed by atoms with van der Waals surface area (Å²) in [5.41, 5.74) is 1.44. The van der Waals surface area contributed by atoms with E-state index in [-0.39, 0.29) is 24.6 Å². The molecule has 1 unspecified atom stereocenters. The molecule has 1 aliphatic rings. The van der Waals surface area contributed by atoms with Crippen LogP contribution in [0, 0.1) is 24.5 Å². The molecule has 2 amide bonds. The molecule has 1 fully saturated rings. The molecule has 0 aliphatic carbocycles. The Morgan fingerprint density at radius 1 is 1.26 bits per heavy atom. The summed E-state index contributed by atoms with van der Waals surface area (Å²) in [5, 5.41) is 3.03. The van der Waals surface area contributed by atoms with Crippen LogP contribution in [0.2, 0.25) is 5.02 Å². The molecular formula is C19H17ClF2N2O3.